The molecule has 134 valence electrons. The van der Waals surface area contributed by atoms with Crippen LogP contribution >= 0.6 is 0 Å². The number of hydrogen-bond acceptors (Lipinski definition) is 5. The number of carbonyl (C=O) groups excluding carboxylic acids is 1. The SMILES string of the molecule is Cc1ccn2c(C(=O)N3CCC[C@H](Nc4cccc(F)c4)C3)nnc2n1. The van der Waals surface area contributed by atoms with Gasteiger partial charge in [0.15, 0.2) is 0 Å². The third kappa shape index (κ3) is 3.22. The van der Waals surface area contributed by atoms with Crippen LogP contribution in [0.1, 0.15) is 29.2 Å². The molecule has 0 aliphatic carbocycles. The van der Waals surface area contributed by atoms with Crippen LogP contribution in [0.2, 0.25) is 0 Å². The summed E-state index contributed by atoms with van der Waals surface area (Å²) in [4.78, 5) is 18.9. The Bertz CT molecular complexity index is 956. The predicted molar refractivity (Wildman–Crippen MR) is 94.5 cm³/mol. The molecule has 1 saturated heterocycles. The van der Waals surface area contributed by atoms with Crippen LogP contribution in [0.4, 0.5) is 10.1 Å². The normalized spacial score (nSPS) is 17.5. The van der Waals surface area contributed by atoms with Gasteiger partial charge in [-0.3, -0.25) is 9.20 Å². The van der Waals surface area contributed by atoms with Crippen molar-refractivity contribution in [3.05, 3.63) is 53.9 Å². The first-order valence-corrected chi connectivity index (χ1v) is 8.60. The van der Waals surface area contributed by atoms with E-state index in [1.54, 1.807) is 21.6 Å². The summed E-state index contributed by atoms with van der Waals surface area (Å²) in [6.07, 6.45) is 3.55. The summed E-state index contributed by atoms with van der Waals surface area (Å²) >= 11 is 0. The van der Waals surface area contributed by atoms with Crippen molar-refractivity contribution < 1.29 is 9.18 Å². The van der Waals surface area contributed by atoms with Crippen molar-refractivity contribution in [1.82, 2.24) is 24.5 Å². The van der Waals surface area contributed by atoms with Gasteiger partial charge in [0.25, 0.3) is 11.7 Å². The van der Waals surface area contributed by atoms with Gasteiger partial charge in [0.05, 0.1) is 0 Å². The number of hydrogen-bond donors (Lipinski definition) is 1. The van der Waals surface area contributed by atoms with Crippen LogP contribution in [-0.2, 0) is 0 Å². The Hall–Kier alpha value is -3.03. The van der Waals surface area contributed by atoms with E-state index in [0.29, 0.717) is 18.9 Å². The van der Waals surface area contributed by atoms with Gasteiger partial charge < -0.3 is 10.2 Å². The van der Waals surface area contributed by atoms with Gasteiger partial charge >= 0.3 is 0 Å². The summed E-state index contributed by atoms with van der Waals surface area (Å²) in [5.74, 6) is 0.226. The Morgan fingerprint density at radius 1 is 1.31 bits per heavy atom. The van der Waals surface area contributed by atoms with Gasteiger partial charge in [0.1, 0.15) is 5.82 Å². The second kappa shape index (κ2) is 6.70. The molecule has 0 bridgehead atoms. The average molecular weight is 354 g/mol. The van der Waals surface area contributed by atoms with Gasteiger partial charge in [0.2, 0.25) is 5.82 Å². The van der Waals surface area contributed by atoms with E-state index in [1.165, 1.54) is 12.1 Å². The Morgan fingerprint density at radius 3 is 3.04 bits per heavy atom. The van der Waals surface area contributed by atoms with E-state index in [1.807, 2.05) is 19.1 Å². The van der Waals surface area contributed by atoms with Crippen LogP contribution in [0.3, 0.4) is 0 Å². The van der Waals surface area contributed by atoms with Crippen molar-refractivity contribution in [2.75, 3.05) is 18.4 Å². The van der Waals surface area contributed by atoms with Crippen LogP contribution in [0.25, 0.3) is 5.78 Å². The average Bonchev–Trinajstić information content (AvgIpc) is 3.04. The number of aryl methyl sites for hydroxylation is 1. The molecule has 1 N–H and O–H groups in total. The second-order valence-corrected chi connectivity index (χ2v) is 6.51. The first kappa shape index (κ1) is 16.4. The fraction of sp³-hybridized carbons (Fsp3) is 0.333. The third-order valence-electron chi connectivity index (χ3n) is 4.51. The fourth-order valence-electron chi connectivity index (χ4n) is 3.25. The molecule has 7 nitrogen and oxygen atoms in total. The number of nitrogens with zero attached hydrogens (tertiary/aromatic N) is 5. The molecule has 0 radical (unpaired) electrons. The highest BCUT2D eigenvalue weighted by molar-refractivity contribution is 5.91. The van der Waals surface area contributed by atoms with Crippen molar-refractivity contribution in [2.24, 2.45) is 0 Å². The number of halogens is 1. The van der Waals surface area contributed by atoms with E-state index < -0.39 is 0 Å². The highest BCUT2D eigenvalue weighted by Crippen LogP contribution is 2.18. The zero-order chi connectivity index (χ0) is 18.1. The molecular weight excluding hydrogens is 335 g/mol. The summed E-state index contributed by atoms with van der Waals surface area (Å²) in [5.41, 5.74) is 1.54. The van der Waals surface area contributed by atoms with E-state index in [2.05, 4.69) is 20.5 Å². The zero-order valence-electron chi connectivity index (χ0n) is 14.4. The molecule has 3 aromatic rings. The molecule has 1 atom stereocenters. The van der Waals surface area contributed by atoms with Gasteiger partial charge in [-0.1, -0.05) is 6.07 Å². The van der Waals surface area contributed by atoms with Crippen molar-refractivity contribution in [1.29, 1.82) is 0 Å². The number of carbonyl (C=O) groups is 1. The molecule has 0 saturated carbocycles. The summed E-state index contributed by atoms with van der Waals surface area (Å²) in [6, 6.07) is 8.24. The van der Waals surface area contributed by atoms with Gasteiger partial charge in [-0.2, -0.15) is 0 Å². The fourth-order valence-corrected chi connectivity index (χ4v) is 3.25. The number of likely N-dealkylation sites (tertiary alicyclic amines) is 1. The molecule has 3 heterocycles. The molecule has 0 spiro atoms. The summed E-state index contributed by atoms with van der Waals surface area (Å²) in [7, 11) is 0. The van der Waals surface area contributed by atoms with E-state index in [-0.39, 0.29) is 23.6 Å². The molecule has 1 amide bonds. The van der Waals surface area contributed by atoms with Crippen LogP contribution in [0.5, 0.6) is 0 Å². The molecule has 2 aromatic heterocycles. The number of nitrogens with one attached hydrogen (secondary N) is 1. The van der Waals surface area contributed by atoms with Gasteiger partial charge in [-0.15, -0.1) is 10.2 Å². The number of amides is 1. The van der Waals surface area contributed by atoms with Crippen LogP contribution < -0.4 is 5.32 Å². The lowest BCUT2D eigenvalue weighted by molar-refractivity contribution is 0.0701. The quantitative estimate of drug-likeness (QED) is 0.781. The van der Waals surface area contributed by atoms with Crippen LogP contribution in [0, 0.1) is 12.7 Å². The number of aromatic nitrogens is 4. The van der Waals surface area contributed by atoms with Gasteiger partial charge in [0, 0.05) is 36.7 Å². The Balaban J connectivity index is 1.50. The van der Waals surface area contributed by atoms with Crippen LogP contribution in [-0.4, -0.2) is 49.5 Å². The molecular formula is C18H19FN6O. The monoisotopic (exact) mass is 354 g/mol. The van der Waals surface area contributed by atoms with E-state index >= 15 is 0 Å². The predicted octanol–water partition coefficient (Wildman–Crippen LogP) is 2.29. The molecule has 1 aliphatic heterocycles. The maximum atomic E-state index is 13.4. The second-order valence-electron chi connectivity index (χ2n) is 6.51. The highest BCUT2D eigenvalue weighted by Gasteiger charge is 2.27. The number of rotatable bonds is 3. The minimum absolute atomic E-state index is 0.0639. The van der Waals surface area contributed by atoms with E-state index in [4.69, 9.17) is 0 Å². The zero-order valence-corrected chi connectivity index (χ0v) is 14.4. The minimum Gasteiger partial charge on any atom is -0.380 e. The highest BCUT2D eigenvalue weighted by atomic mass is 19.1. The number of anilines is 1. The Labute approximate surface area is 149 Å². The van der Waals surface area contributed by atoms with Crippen molar-refractivity contribution in [2.45, 2.75) is 25.8 Å². The molecule has 0 unspecified atom stereocenters. The van der Waals surface area contributed by atoms with Crippen molar-refractivity contribution in [3.63, 3.8) is 0 Å². The molecule has 1 aliphatic rings. The van der Waals surface area contributed by atoms with Gasteiger partial charge in [-0.05, 0) is 44.0 Å². The van der Waals surface area contributed by atoms with Crippen molar-refractivity contribution in [3.8, 4) is 0 Å². The molecule has 1 aromatic carbocycles. The minimum atomic E-state index is -0.281. The smallest absolute Gasteiger partial charge is 0.292 e. The molecule has 4 rings (SSSR count). The summed E-state index contributed by atoms with van der Waals surface area (Å²) in [6.45, 7) is 3.06. The third-order valence-corrected chi connectivity index (χ3v) is 4.51. The molecule has 26 heavy (non-hydrogen) atoms. The van der Waals surface area contributed by atoms with Gasteiger partial charge in [-0.25, -0.2) is 9.37 Å². The standard InChI is InChI=1S/C18H19FN6O/c1-12-7-9-25-16(22-23-18(25)20-12)17(26)24-8-3-6-15(11-24)21-14-5-2-4-13(19)10-14/h2,4-5,7,9-10,15,21H,3,6,8,11H2,1H3/t15-/m0/s1. The van der Waals surface area contributed by atoms with Crippen molar-refractivity contribution >= 4 is 17.4 Å². The number of piperidine rings is 1. The molecule has 1 fully saturated rings. The summed E-state index contributed by atoms with van der Waals surface area (Å²) < 4.78 is 15.0. The maximum absolute atomic E-state index is 13.4. The van der Waals surface area contributed by atoms with E-state index in [0.717, 1.165) is 24.2 Å². The Morgan fingerprint density at radius 2 is 2.19 bits per heavy atom. The topological polar surface area (TPSA) is 75.4 Å². The molecule has 8 heteroatoms. The lowest BCUT2D eigenvalue weighted by atomic mass is 10.1. The first-order chi connectivity index (χ1) is 12.6. The first-order valence-electron chi connectivity index (χ1n) is 8.60. The van der Waals surface area contributed by atoms with Crippen LogP contribution in [0.15, 0.2) is 36.5 Å². The van der Waals surface area contributed by atoms with E-state index in [9.17, 15) is 9.18 Å². The Kier molecular flexibility index (Phi) is 4.24. The lowest BCUT2D eigenvalue weighted by Gasteiger charge is -2.33. The number of fused-ring (bicyclic) bond motifs is 1. The largest absolute Gasteiger partial charge is 0.380 e. The lowest BCUT2D eigenvalue weighted by Crippen LogP contribution is -2.45. The maximum Gasteiger partial charge on any atom is 0.292 e. The summed E-state index contributed by atoms with van der Waals surface area (Å²) in [5, 5.41) is 11.3. The number of benzene rings is 1.